The summed E-state index contributed by atoms with van der Waals surface area (Å²) in [6, 6.07) is 0. The Morgan fingerprint density at radius 2 is 1.92 bits per heavy atom. The highest BCUT2D eigenvalue weighted by Gasteiger charge is 2.30. The maximum absolute atomic E-state index is 11.7. The van der Waals surface area contributed by atoms with Gasteiger partial charge in [0.05, 0.1) is 0 Å². The van der Waals surface area contributed by atoms with Gasteiger partial charge in [0, 0.05) is 13.0 Å². The molecule has 0 heterocycles. The molecule has 0 saturated heterocycles. The van der Waals surface area contributed by atoms with Gasteiger partial charge in [0.25, 0.3) is 0 Å². The van der Waals surface area contributed by atoms with E-state index >= 15 is 0 Å². The number of hydrogen-bond donors (Lipinski definition) is 0. The monoisotopic (exact) mass is 186 g/mol. The zero-order valence-electron chi connectivity index (χ0n) is 9.35. The van der Waals surface area contributed by atoms with E-state index in [9.17, 15) is 4.79 Å². The van der Waals surface area contributed by atoms with Crippen molar-refractivity contribution < 1.29 is 9.53 Å². The van der Waals surface area contributed by atoms with Gasteiger partial charge in [0.15, 0.2) is 5.78 Å². The van der Waals surface area contributed by atoms with Crippen LogP contribution in [-0.4, -0.2) is 18.0 Å². The molecule has 1 atom stereocenters. The first-order chi connectivity index (χ1) is 6.10. The molecule has 0 aliphatic heterocycles. The van der Waals surface area contributed by atoms with Gasteiger partial charge in [-0.2, -0.15) is 0 Å². The van der Waals surface area contributed by atoms with Crippen molar-refractivity contribution in [3.05, 3.63) is 0 Å². The van der Waals surface area contributed by atoms with E-state index < -0.39 is 5.60 Å². The van der Waals surface area contributed by atoms with Gasteiger partial charge in [-0.1, -0.05) is 20.3 Å². The van der Waals surface area contributed by atoms with Gasteiger partial charge in [0.2, 0.25) is 0 Å². The molecule has 0 aliphatic carbocycles. The summed E-state index contributed by atoms with van der Waals surface area (Å²) in [5, 5.41) is 0. The maximum atomic E-state index is 11.7. The number of ketones is 1. The van der Waals surface area contributed by atoms with Crippen LogP contribution < -0.4 is 0 Å². The number of ether oxygens (including phenoxy) is 1. The summed E-state index contributed by atoms with van der Waals surface area (Å²) in [6.45, 7) is 8.54. The molecule has 0 aliphatic rings. The third kappa shape index (κ3) is 3.90. The summed E-state index contributed by atoms with van der Waals surface area (Å²) in [5.74, 6) is 0.249. The molecular weight excluding hydrogens is 164 g/mol. The van der Waals surface area contributed by atoms with Crippen molar-refractivity contribution in [1.29, 1.82) is 0 Å². The number of carbonyl (C=O) groups excluding carboxylic acids is 1. The fourth-order valence-corrected chi connectivity index (χ4v) is 1.30. The Bertz CT molecular complexity index is 154. The Hall–Kier alpha value is -0.370. The Balaban J connectivity index is 4.12. The van der Waals surface area contributed by atoms with Gasteiger partial charge >= 0.3 is 0 Å². The summed E-state index contributed by atoms with van der Waals surface area (Å²) in [4.78, 5) is 11.7. The second-order valence-electron chi connectivity index (χ2n) is 3.54. The SMILES string of the molecule is CCCCC(=O)C(C)(CC)OCC. The van der Waals surface area contributed by atoms with Gasteiger partial charge in [-0.25, -0.2) is 0 Å². The molecule has 1 unspecified atom stereocenters. The van der Waals surface area contributed by atoms with Crippen LogP contribution in [-0.2, 0) is 9.53 Å². The van der Waals surface area contributed by atoms with E-state index in [1.165, 1.54) is 0 Å². The van der Waals surface area contributed by atoms with E-state index in [4.69, 9.17) is 4.74 Å². The number of carbonyl (C=O) groups is 1. The number of unbranched alkanes of at least 4 members (excludes halogenated alkanes) is 1. The van der Waals surface area contributed by atoms with Gasteiger partial charge in [-0.3, -0.25) is 4.79 Å². The van der Waals surface area contributed by atoms with Crippen LogP contribution in [0.1, 0.15) is 53.4 Å². The van der Waals surface area contributed by atoms with Crippen LogP contribution in [0.25, 0.3) is 0 Å². The minimum Gasteiger partial charge on any atom is -0.368 e. The molecule has 0 rings (SSSR count). The van der Waals surface area contributed by atoms with Gasteiger partial charge < -0.3 is 4.74 Å². The molecule has 0 saturated carbocycles. The highest BCUT2D eigenvalue weighted by molar-refractivity contribution is 5.86. The quantitative estimate of drug-likeness (QED) is 0.611. The van der Waals surface area contributed by atoms with Crippen molar-refractivity contribution in [3.8, 4) is 0 Å². The van der Waals surface area contributed by atoms with Crippen LogP contribution >= 0.6 is 0 Å². The number of hydrogen-bond acceptors (Lipinski definition) is 2. The molecule has 13 heavy (non-hydrogen) atoms. The van der Waals surface area contributed by atoms with Crippen molar-refractivity contribution >= 4 is 5.78 Å². The first-order valence-electron chi connectivity index (χ1n) is 5.28. The van der Waals surface area contributed by atoms with E-state index in [-0.39, 0.29) is 5.78 Å². The molecule has 78 valence electrons. The predicted octanol–water partition coefficient (Wildman–Crippen LogP) is 2.95. The standard InChI is InChI=1S/C11H22O2/c1-5-8-9-10(12)11(4,6-2)13-7-3/h5-9H2,1-4H3. The molecule has 0 amide bonds. The third-order valence-electron chi connectivity index (χ3n) is 2.48. The largest absolute Gasteiger partial charge is 0.368 e. The summed E-state index contributed by atoms with van der Waals surface area (Å²) < 4.78 is 5.49. The summed E-state index contributed by atoms with van der Waals surface area (Å²) >= 11 is 0. The molecule has 0 bridgehead atoms. The molecule has 0 radical (unpaired) electrons. The first kappa shape index (κ1) is 12.6. The lowest BCUT2D eigenvalue weighted by atomic mass is 9.94. The van der Waals surface area contributed by atoms with Gasteiger partial charge in [-0.05, 0) is 26.7 Å². The minimum absolute atomic E-state index is 0.249. The Morgan fingerprint density at radius 1 is 1.31 bits per heavy atom. The van der Waals surface area contributed by atoms with Gasteiger partial charge in [0.1, 0.15) is 5.60 Å². The second-order valence-corrected chi connectivity index (χ2v) is 3.54. The van der Waals surface area contributed by atoms with E-state index in [1.54, 1.807) is 0 Å². The maximum Gasteiger partial charge on any atom is 0.164 e. The van der Waals surface area contributed by atoms with Crippen LogP contribution in [0.3, 0.4) is 0 Å². The molecule has 0 aromatic heterocycles. The summed E-state index contributed by atoms with van der Waals surface area (Å²) in [5.41, 5.74) is -0.538. The molecule has 0 fully saturated rings. The second kappa shape index (κ2) is 6.14. The van der Waals surface area contributed by atoms with Crippen molar-refractivity contribution in [1.82, 2.24) is 0 Å². The van der Waals surface area contributed by atoms with Crippen molar-refractivity contribution in [2.24, 2.45) is 0 Å². The zero-order chi connectivity index (χ0) is 10.3. The van der Waals surface area contributed by atoms with Gasteiger partial charge in [-0.15, -0.1) is 0 Å². The van der Waals surface area contributed by atoms with Crippen molar-refractivity contribution in [3.63, 3.8) is 0 Å². The van der Waals surface area contributed by atoms with E-state index in [1.807, 2.05) is 20.8 Å². The smallest absolute Gasteiger partial charge is 0.164 e. The molecule has 2 heteroatoms. The van der Waals surface area contributed by atoms with E-state index in [0.717, 1.165) is 19.3 Å². The number of Topliss-reactive ketones (excluding diaryl/α,β-unsaturated/α-hetero) is 1. The molecule has 0 spiro atoms. The highest BCUT2D eigenvalue weighted by atomic mass is 16.5. The zero-order valence-corrected chi connectivity index (χ0v) is 9.35. The Kier molecular flexibility index (Phi) is 5.97. The van der Waals surface area contributed by atoms with Crippen LogP contribution in [0.5, 0.6) is 0 Å². The molecule has 0 aromatic carbocycles. The lowest BCUT2D eigenvalue weighted by Gasteiger charge is -2.26. The summed E-state index contributed by atoms with van der Waals surface area (Å²) in [7, 11) is 0. The fourth-order valence-electron chi connectivity index (χ4n) is 1.30. The van der Waals surface area contributed by atoms with E-state index in [2.05, 4.69) is 6.92 Å². The van der Waals surface area contributed by atoms with Crippen molar-refractivity contribution in [2.45, 2.75) is 59.0 Å². The Labute approximate surface area is 81.7 Å². The van der Waals surface area contributed by atoms with Crippen LogP contribution in [0.15, 0.2) is 0 Å². The molecule has 0 N–H and O–H groups in total. The molecule has 2 nitrogen and oxygen atoms in total. The highest BCUT2D eigenvalue weighted by Crippen LogP contribution is 2.19. The van der Waals surface area contributed by atoms with E-state index in [0.29, 0.717) is 13.0 Å². The number of rotatable bonds is 7. The molecular formula is C11H22O2. The Morgan fingerprint density at radius 3 is 2.31 bits per heavy atom. The third-order valence-corrected chi connectivity index (χ3v) is 2.48. The van der Waals surface area contributed by atoms with Crippen molar-refractivity contribution in [2.75, 3.05) is 6.61 Å². The minimum atomic E-state index is -0.538. The molecule has 0 aromatic rings. The normalized spacial score (nSPS) is 15.4. The fraction of sp³-hybridized carbons (Fsp3) is 0.909. The summed E-state index contributed by atoms with van der Waals surface area (Å²) in [6.07, 6.45) is 3.46. The lowest BCUT2D eigenvalue weighted by Crippen LogP contribution is -2.37. The van der Waals surface area contributed by atoms with Crippen LogP contribution in [0.2, 0.25) is 0 Å². The topological polar surface area (TPSA) is 26.3 Å². The van der Waals surface area contributed by atoms with Crippen LogP contribution in [0.4, 0.5) is 0 Å². The predicted molar refractivity (Wildman–Crippen MR) is 54.9 cm³/mol. The average Bonchev–Trinajstić information content (AvgIpc) is 2.14. The average molecular weight is 186 g/mol. The van der Waals surface area contributed by atoms with Crippen LogP contribution in [0, 0.1) is 0 Å². The lowest BCUT2D eigenvalue weighted by molar-refractivity contribution is -0.142. The first-order valence-corrected chi connectivity index (χ1v) is 5.28.